The number of fused-ring (bicyclic) bond motifs is 2. The minimum atomic E-state index is -0.269. The number of nitrogens with one attached hydrogen (secondary N) is 2. The number of hydrogen-bond donors (Lipinski definition) is 2. The van der Waals surface area contributed by atoms with Crippen LogP contribution in [0.3, 0.4) is 0 Å². The first-order valence-corrected chi connectivity index (χ1v) is 18.7. The lowest BCUT2D eigenvalue weighted by atomic mass is 9.45. The molecule has 3 aromatic carbocycles. The van der Waals surface area contributed by atoms with Crippen molar-refractivity contribution in [3.63, 3.8) is 0 Å². The average molecular weight is 694 g/mol. The van der Waals surface area contributed by atoms with Gasteiger partial charge in [-0.2, -0.15) is 0 Å². The van der Waals surface area contributed by atoms with Crippen molar-refractivity contribution >= 4 is 17.5 Å². The first kappa shape index (κ1) is 36.7. The van der Waals surface area contributed by atoms with Crippen LogP contribution in [0.1, 0.15) is 74.4 Å². The van der Waals surface area contributed by atoms with Crippen molar-refractivity contribution < 1.29 is 14.3 Å². The number of likely N-dealkylation sites (N-methyl/N-ethyl adjacent to an activating group) is 1. The van der Waals surface area contributed by atoms with Crippen molar-refractivity contribution in [3.8, 4) is 16.9 Å². The highest BCUT2D eigenvalue weighted by atomic mass is 16.5. The summed E-state index contributed by atoms with van der Waals surface area (Å²) in [7, 11) is 5.61. The van der Waals surface area contributed by atoms with Crippen LogP contribution in [-0.4, -0.2) is 74.0 Å². The molecule has 3 aromatic rings. The van der Waals surface area contributed by atoms with E-state index in [1.807, 2.05) is 50.5 Å². The third-order valence-electron chi connectivity index (χ3n) is 12.1. The molecule has 4 aliphatic rings. The normalized spacial score (nSPS) is 24.6. The molecule has 1 saturated heterocycles. The molecule has 2 amide bonds. The molecule has 0 radical (unpaired) electrons. The molecule has 4 fully saturated rings. The molecule has 0 spiro atoms. The fourth-order valence-corrected chi connectivity index (χ4v) is 9.21. The van der Waals surface area contributed by atoms with Crippen molar-refractivity contribution in [1.82, 2.24) is 20.4 Å². The van der Waals surface area contributed by atoms with E-state index in [1.165, 1.54) is 12.5 Å². The van der Waals surface area contributed by atoms with Crippen molar-refractivity contribution in [2.75, 3.05) is 34.3 Å². The molecule has 9 nitrogen and oxygen atoms in total. The van der Waals surface area contributed by atoms with E-state index < -0.39 is 0 Å². The fraction of sp³-hybridized carbons (Fsp3) is 0.524. The molecule has 0 unspecified atom stereocenters. The van der Waals surface area contributed by atoms with E-state index >= 15 is 0 Å². The summed E-state index contributed by atoms with van der Waals surface area (Å²) in [5, 5.41) is 9.92. The largest absolute Gasteiger partial charge is 0.496 e. The summed E-state index contributed by atoms with van der Waals surface area (Å²) < 4.78 is 6.05. The van der Waals surface area contributed by atoms with Crippen molar-refractivity contribution in [2.24, 2.45) is 28.3 Å². The van der Waals surface area contributed by atoms with Crippen LogP contribution in [0, 0.1) is 28.1 Å². The number of para-hydroxylation sites is 1. The number of nitroso groups, excluding NO2 is 1. The van der Waals surface area contributed by atoms with Gasteiger partial charge in [-0.15, -0.1) is 4.91 Å². The Bertz CT molecular complexity index is 1710. The molecule has 2 bridgehead atoms. The molecular weight excluding hydrogens is 638 g/mol. The monoisotopic (exact) mass is 693 g/mol. The highest BCUT2D eigenvalue weighted by molar-refractivity contribution is 5.97. The van der Waals surface area contributed by atoms with E-state index in [2.05, 4.69) is 58.5 Å². The predicted molar refractivity (Wildman–Crippen MR) is 203 cm³/mol. The Morgan fingerprint density at radius 3 is 2.51 bits per heavy atom. The molecule has 6 atom stereocenters. The Kier molecular flexibility index (Phi) is 11.3. The first-order chi connectivity index (χ1) is 24.5. The van der Waals surface area contributed by atoms with Crippen LogP contribution in [-0.2, 0) is 17.8 Å². The predicted octanol–water partition coefficient (Wildman–Crippen LogP) is 7.20. The average Bonchev–Trinajstić information content (AvgIpc) is 3.12. The minimum Gasteiger partial charge on any atom is -0.496 e. The van der Waals surface area contributed by atoms with E-state index in [1.54, 1.807) is 19.2 Å². The number of nitrogens with zero attached hydrogens (tertiary/aromatic N) is 3. The van der Waals surface area contributed by atoms with Gasteiger partial charge < -0.3 is 20.3 Å². The zero-order valence-corrected chi connectivity index (χ0v) is 31.2. The van der Waals surface area contributed by atoms with Gasteiger partial charge in [0.25, 0.3) is 5.91 Å². The maximum atomic E-state index is 13.9. The smallest absolute Gasteiger partial charge is 0.251 e. The topological polar surface area (TPSA) is 103 Å². The van der Waals surface area contributed by atoms with E-state index in [9.17, 15) is 14.5 Å². The van der Waals surface area contributed by atoms with Gasteiger partial charge in [0.15, 0.2) is 0 Å². The van der Waals surface area contributed by atoms with Gasteiger partial charge in [0.05, 0.1) is 13.2 Å². The summed E-state index contributed by atoms with van der Waals surface area (Å²) in [4.78, 5) is 43.9. The highest BCUT2D eigenvalue weighted by Gasteiger charge is 2.56. The number of likely N-dealkylation sites (tertiary alicyclic amines) is 1. The van der Waals surface area contributed by atoms with E-state index in [0.717, 1.165) is 48.9 Å². The number of hydrogen-bond acceptors (Lipinski definition) is 7. The summed E-state index contributed by atoms with van der Waals surface area (Å²) in [5.41, 5.74) is 4.42. The third kappa shape index (κ3) is 8.05. The van der Waals surface area contributed by atoms with Gasteiger partial charge in [-0.05, 0) is 110 Å². The van der Waals surface area contributed by atoms with Gasteiger partial charge >= 0.3 is 0 Å². The maximum absolute atomic E-state index is 13.9. The Balaban J connectivity index is 1.21. The van der Waals surface area contributed by atoms with Gasteiger partial charge in [0, 0.05) is 41.9 Å². The lowest BCUT2D eigenvalue weighted by molar-refractivity contribution is -0.139. The standard InChI is InChI=1S/C42H55N5O4/c1-27-36-23-32(42(36,2)3)24-37(27)44-41(49)38-17-10-11-18-47(38)25-29-15-12-16-35(39(29)51-6)30-20-31(22-33(21-30)45-50)40(48)43-34(26-46(4)5)19-28-13-8-7-9-14-28/h7-9,12-16,20-22,27,32,34,36-38H,10-11,17-19,23-26H2,1-6H3,(H,43,48)(H,44,49)/t27-,32+,34-,36-,37-,38-/m0/s1. The maximum Gasteiger partial charge on any atom is 0.251 e. The van der Waals surface area contributed by atoms with Gasteiger partial charge in [-0.25, -0.2) is 0 Å². The second kappa shape index (κ2) is 15.7. The van der Waals surface area contributed by atoms with E-state index in [-0.39, 0.29) is 35.6 Å². The molecule has 1 aliphatic heterocycles. The van der Waals surface area contributed by atoms with Gasteiger partial charge in [-0.1, -0.05) is 75.7 Å². The molecule has 2 N–H and O–H groups in total. The van der Waals surface area contributed by atoms with Crippen LogP contribution in [0.2, 0.25) is 0 Å². The summed E-state index contributed by atoms with van der Waals surface area (Å²) in [6.45, 7) is 9.14. The number of amides is 2. The number of benzene rings is 3. The molecule has 0 aromatic heterocycles. The number of piperidine rings is 1. The molecule has 3 saturated carbocycles. The van der Waals surface area contributed by atoms with Crippen LogP contribution in [0.15, 0.2) is 71.9 Å². The fourth-order valence-electron chi connectivity index (χ4n) is 9.21. The van der Waals surface area contributed by atoms with Crippen molar-refractivity contribution in [2.45, 2.75) is 84.0 Å². The molecule has 51 heavy (non-hydrogen) atoms. The van der Waals surface area contributed by atoms with Crippen molar-refractivity contribution in [1.29, 1.82) is 0 Å². The second-order valence-electron chi connectivity index (χ2n) is 16.0. The minimum absolute atomic E-state index is 0.140. The third-order valence-corrected chi connectivity index (χ3v) is 12.1. The van der Waals surface area contributed by atoms with Gasteiger partial charge in [0.1, 0.15) is 11.4 Å². The van der Waals surface area contributed by atoms with Gasteiger partial charge in [0.2, 0.25) is 5.91 Å². The van der Waals surface area contributed by atoms with E-state index in [0.29, 0.717) is 59.6 Å². The number of carbonyl (C=O) groups excluding carboxylic acids is 2. The van der Waals surface area contributed by atoms with Crippen LogP contribution < -0.4 is 15.4 Å². The molecule has 1 heterocycles. The zero-order valence-electron chi connectivity index (χ0n) is 31.2. The molecule has 272 valence electrons. The molecule has 7 rings (SSSR count). The van der Waals surface area contributed by atoms with Gasteiger partial charge in [-0.3, -0.25) is 14.5 Å². The zero-order chi connectivity index (χ0) is 36.3. The molecule has 9 heteroatoms. The number of rotatable bonds is 13. The molecule has 3 aliphatic carbocycles. The Hall–Kier alpha value is -4.08. The second-order valence-corrected chi connectivity index (χ2v) is 16.0. The van der Waals surface area contributed by atoms with E-state index in [4.69, 9.17) is 4.74 Å². The first-order valence-electron chi connectivity index (χ1n) is 18.7. The van der Waals surface area contributed by atoms with Crippen molar-refractivity contribution in [3.05, 3.63) is 88.3 Å². The number of ether oxygens (including phenoxy) is 1. The molecular formula is C42H55N5O4. The summed E-state index contributed by atoms with van der Waals surface area (Å²) in [5.74, 6) is 2.37. The van der Waals surface area contributed by atoms with Crippen LogP contribution in [0.5, 0.6) is 5.75 Å². The Morgan fingerprint density at radius 1 is 1.04 bits per heavy atom. The summed E-state index contributed by atoms with van der Waals surface area (Å²) >= 11 is 0. The Labute approximate surface area is 303 Å². The highest BCUT2D eigenvalue weighted by Crippen LogP contribution is 2.61. The quantitative estimate of drug-likeness (QED) is 0.184. The van der Waals surface area contributed by atoms with Crippen LogP contribution in [0.4, 0.5) is 5.69 Å². The summed E-state index contributed by atoms with van der Waals surface area (Å²) in [6.07, 6.45) is 5.92. The Morgan fingerprint density at radius 2 is 1.82 bits per heavy atom. The number of methoxy groups -OCH3 is 1. The lowest BCUT2D eigenvalue weighted by Gasteiger charge is -2.62. The number of carbonyl (C=O) groups is 2. The lowest BCUT2D eigenvalue weighted by Crippen LogP contribution is -2.62. The van der Waals surface area contributed by atoms with Crippen LogP contribution in [0.25, 0.3) is 11.1 Å². The summed E-state index contributed by atoms with van der Waals surface area (Å²) in [6, 6.07) is 21.0. The SMILES string of the molecule is COc1c(CN2CCCC[C@H]2C(=O)N[C@H]2C[C@H]3C[C@@H]([C@@H]2C)C3(C)C)cccc1-c1cc(N=O)cc(C(=O)N[C@@H](Cc2ccccc2)CN(C)C)c1. The van der Waals surface area contributed by atoms with Crippen LogP contribution >= 0.6 is 0 Å².